The van der Waals surface area contributed by atoms with Gasteiger partial charge in [0, 0.05) is 52.4 Å². The largest absolute Gasteiger partial charge is 0.340 e. The number of piperazine rings is 1. The molecule has 0 radical (unpaired) electrons. The number of carbonyl (C=O) groups is 1. The van der Waals surface area contributed by atoms with Crippen molar-refractivity contribution in [3.63, 3.8) is 0 Å². The van der Waals surface area contributed by atoms with Crippen LogP contribution in [0.5, 0.6) is 0 Å². The van der Waals surface area contributed by atoms with Gasteiger partial charge in [0.2, 0.25) is 5.91 Å². The highest BCUT2D eigenvalue weighted by molar-refractivity contribution is 5.80. The lowest BCUT2D eigenvalue weighted by molar-refractivity contribution is -0.132. The van der Waals surface area contributed by atoms with Crippen LogP contribution < -0.4 is 11.2 Å². The number of rotatable bonds is 4. The summed E-state index contributed by atoms with van der Waals surface area (Å²) in [5.74, 6) is 0.142. The van der Waals surface area contributed by atoms with E-state index in [1.54, 1.807) is 7.05 Å². The van der Waals surface area contributed by atoms with Crippen molar-refractivity contribution in [3.8, 4) is 0 Å². The Balaban J connectivity index is 1.87. The van der Waals surface area contributed by atoms with Gasteiger partial charge in [0.15, 0.2) is 0 Å². The molecule has 1 aliphatic heterocycles. The summed E-state index contributed by atoms with van der Waals surface area (Å²) in [7, 11) is 3.09. The number of nitrogens with zero attached hydrogens (tertiary/aromatic N) is 5. The first kappa shape index (κ1) is 20.3. The van der Waals surface area contributed by atoms with E-state index in [1.807, 2.05) is 18.7 Å². The maximum Gasteiger partial charge on any atom is 0.332 e. The van der Waals surface area contributed by atoms with Gasteiger partial charge in [-0.25, -0.2) is 9.78 Å². The molecule has 2 aromatic heterocycles. The molecule has 0 bridgehead atoms. The summed E-state index contributed by atoms with van der Waals surface area (Å²) in [5.41, 5.74) is 2.15. The molecule has 2 aromatic rings. The van der Waals surface area contributed by atoms with Crippen molar-refractivity contribution in [1.82, 2.24) is 23.9 Å². The molecule has 0 aliphatic carbocycles. The first-order chi connectivity index (χ1) is 13.3. The molecule has 8 heteroatoms. The standard InChI is InChI=1S/C20H29N5O3/c1-6-24-9-11-25(12-10-24)16(26)8-7-15-13(2)17-18(21-14(15)3)22(4)20(28)23(5)19(17)27/h6-12H2,1-5H3. The molecule has 0 atom stereocenters. The third-order valence-electron chi connectivity index (χ3n) is 5.93. The molecule has 1 fully saturated rings. The minimum absolute atomic E-state index is 0.142. The Labute approximate surface area is 164 Å². The Hall–Kier alpha value is -2.48. The Morgan fingerprint density at radius 2 is 1.68 bits per heavy atom. The average molecular weight is 387 g/mol. The van der Waals surface area contributed by atoms with Gasteiger partial charge in [-0.2, -0.15) is 0 Å². The summed E-state index contributed by atoms with van der Waals surface area (Å²) in [5, 5.41) is 0.453. The van der Waals surface area contributed by atoms with Crippen LogP contribution in [0.4, 0.5) is 0 Å². The van der Waals surface area contributed by atoms with Gasteiger partial charge in [0.25, 0.3) is 5.56 Å². The third kappa shape index (κ3) is 3.48. The Morgan fingerprint density at radius 1 is 1.04 bits per heavy atom. The molecule has 0 unspecified atom stereocenters. The summed E-state index contributed by atoms with van der Waals surface area (Å²) in [6, 6.07) is 0. The van der Waals surface area contributed by atoms with Crippen molar-refractivity contribution in [2.45, 2.75) is 33.6 Å². The lowest BCUT2D eigenvalue weighted by Gasteiger charge is -2.34. The molecule has 8 nitrogen and oxygen atoms in total. The van der Waals surface area contributed by atoms with Gasteiger partial charge < -0.3 is 9.80 Å². The van der Waals surface area contributed by atoms with Crippen LogP contribution in [-0.2, 0) is 25.3 Å². The predicted octanol–water partition coefficient (Wildman–Crippen LogP) is 0.346. The van der Waals surface area contributed by atoms with Gasteiger partial charge in [-0.15, -0.1) is 0 Å². The molecule has 1 aliphatic rings. The molecule has 1 amide bonds. The highest BCUT2D eigenvalue weighted by Crippen LogP contribution is 2.21. The molecule has 152 valence electrons. The van der Waals surface area contributed by atoms with Gasteiger partial charge in [0.1, 0.15) is 5.65 Å². The SMILES string of the molecule is CCN1CCN(C(=O)CCc2c(C)nc3c(c2C)c(=O)n(C)c(=O)n3C)CC1. The van der Waals surface area contributed by atoms with Crippen LogP contribution in [0, 0.1) is 13.8 Å². The lowest BCUT2D eigenvalue weighted by atomic mass is 9.99. The highest BCUT2D eigenvalue weighted by atomic mass is 16.2. The summed E-state index contributed by atoms with van der Waals surface area (Å²) in [4.78, 5) is 46.3. The molecule has 0 aromatic carbocycles. The Kier molecular flexibility index (Phi) is 5.69. The fourth-order valence-corrected chi connectivity index (χ4v) is 4.01. The van der Waals surface area contributed by atoms with Crippen molar-refractivity contribution in [3.05, 3.63) is 37.7 Å². The first-order valence-corrected chi connectivity index (χ1v) is 9.82. The van der Waals surface area contributed by atoms with Crippen molar-refractivity contribution >= 4 is 16.9 Å². The third-order valence-corrected chi connectivity index (χ3v) is 5.93. The smallest absolute Gasteiger partial charge is 0.332 e. The monoisotopic (exact) mass is 387 g/mol. The highest BCUT2D eigenvalue weighted by Gasteiger charge is 2.22. The van der Waals surface area contributed by atoms with E-state index in [4.69, 9.17) is 0 Å². The maximum absolute atomic E-state index is 12.7. The number of amides is 1. The zero-order valence-corrected chi connectivity index (χ0v) is 17.4. The number of hydrogen-bond donors (Lipinski definition) is 0. The molecule has 28 heavy (non-hydrogen) atoms. The van der Waals surface area contributed by atoms with Crippen LogP contribution in [0.3, 0.4) is 0 Å². The summed E-state index contributed by atoms with van der Waals surface area (Å²) in [6.45, 7) is 10.3. The Bertz CT molecular complexity index is 1030. The number of likely N-dealkylation sites (N-methyl/N-ethyl adjacent to an activating group) is 1. The van der Waals surface area contributed by atoms with Crippen molar-refractivity contribution in [2.24, 2.45) is 14.1 Å². The van der Waals surface area contributed by atoms with Gasteiger partial charge in [-0.3, -0.25) is 18.7 Å². The average Bonchev–Trinajstić information content (AvgIpc) is 2.70. The van der Waals surface area contributed by atoms with Crippen molar-refractivity contribution < 1.29 is 4.79 Å². The van der Waals surface area contributed by atoms with Crippen LogP contribution in [0.2, 0.25) is 0 Å². The van der Waals surface area contributed by atoms with E-state index in [-0.39, 0.29) is 11.5 Å². The topological polar surface area (TPSA) is 80.4 Å². The predicted molar refractivity (Wildman–Crippen MR) is 109 cm³/mol. The molecular weight excluding hydrogens is 358 g/mol. The fraction of sp³-hybridized carbons (Fsp3) is 0.600. The van der Waals surface area contributed by atoms with E-state index in [0.717, 1.165) is 54.1 Å². The number of aryl methyl sites for hydroxylation is 3. The molecule has 0 spiro atoms. The number of hydrogen-bond acceptors (Lipinski definition) is 5. The van der Waals surface area contributed by atoms with Crippen molar-refractivity contribution in [1.29, 1.82) is 0 Å². The fourth-order valence-electron chi connectivity index (χ4n) is 4.01. The number of aromatic nitrogens is 3. The van der Waals surface area contributed by atoms with Gasteiger partial charge >= 0.3 is 5.69 Å². The molecule has 1 saturated heterocycles. The van der Waals surface area contributed by atoms with Crippen LogP contribution in [-0.4, -0.2) is 62.5 Å². The van der Waals surface area contributed by atoms with E-state index in [2.05, 4.69) is 16.8 Å². The second kappa shape index (κ2) is 7.87. The zero-order valence-electron chi connectivity index (χ0n) is 17.4. The van der Waals surface area contributed by atoms with Crippen LogP contribution in [0.1, 0.15) is 30.2 Å². The maximum atomic E-state index is 12.7. The number of carbonyl (C=O) groups excluding carboxylic acids is 1. The van der Waals surface area contributed by atoms with E-state index in [0.29, 0.717) is 23.9 Å². The van der Waals surface area contributed by atoms with Gasteiger partial charge in [-0.05, 0) is 37.9 Å². The van der Waals surface area contributed by atoms with E-state index in [9.17, 15) is 14.4 Å². The molecule has 0 N–H and O–H groups in total. The lowest BCUT2D eigenvalue weighted by Crippen LogP contribution is -2.48. The molecular formula is C20H29N5O3. The van der Waals surface area contributed by atoms with Crippen molar-refractivity contribution in [2.75, 3.05) is 32.7 Å². The Morgan fingerprint density at radius 3 is 2.29 bits per heavy atom. The second-order valence-electron chi connectivity index (χ2n) is 7.52. The van der Waals surface area contributed by atoms with Crippen LogP contribution >= 0.6 is 0 Å². The van der Waals surface area contributed by atoms with Gasteiger partial charge in [-0.1, -0.05) is 6.92 Å². The number of fused-ring (bicyclic) bond motifs is 1. The summed E-state index contributed by atoms with van der Waals surface area (Å²) < 4.78 is 2.51. The zero-order chi connectivity index (χ0) is 20.6. The van der Waals surface area contributed by atoms with E-state index < -0.39 is 5.69 Å². The summed E-state index contributed by atoms with van der Waals surface area (Å²) in [6.07, 6.45) is 0.937. The van der Waals surface area contributed by atoms with E-state index in [1.165, 1.54) is 11.6 Å². The van der Waals surface area contributed by atoms with Gasteiger partial charge in [0.05, 0.1) is 5.39 Å². The number of pyridine rings is 1. The second-order valence-corrected chi connectivity index (χ2v) is 7.52. The van der Waals surface area contributed by atoms with Crippen LogP contribution in [0.25, 0.3) is 11.0 Å². The molecule has 3 rings (SSSR count). The van der Waals surface area contributed by atoms with Crippen LogP contribution in [0.15, 0.2) is 9.59 Å². The summed E-state index contributed by atoms with van der Waals surface area (Å²) >= 11 is 0. The quantitative estimate of drug-likeness (QED) is 0.756. The minimum atomic E-state index is -0.391. The minimum Gasteiger partial charge on any atom is -0.340 e. The normalized spacial score (nSPS) is 15.4. The first-order valence-electron chi connectivity index (χ1n) is 9.82. The molecule has 0 saturated carbocycles. The van der Waals surface area contributed by atoms with E-state index >= 15 is 0 Å². The molecule has 3 heterocycles.